The van der Waals surface area contributed by atoms with Crippen molar-refractivity contribution in [3.05, 3.63) is 84.4 Å². The van der Waals surface area contributed by atoms with Gasteiger partial charge in [-0.3, -0.25) is 0 Å². The average Bonchev–Trinajstić information content (AvgIpc) is 3.38. The third-order valence-electron chi connectivity index (χ3n) is 5.59. The molecule has 0 spiro atoms. The average molecular weight is 394 g/mol. The summed E-state index contributed by atoms with van der Waals surface area (Å²) in [6.07, 6.45) is -2.48. The molecule has 6 aromatic rings. The molecular weight excluding hydrogens is 376 g/mol. The van der Waals surface area contributed by atoms with Gasteiger partial charge in [-0.05, 0) is 45.8 Å². The first-order valence-corrected chi connectivity index (χ1v) is 9.79. The number of imidazole rings is 2. The topological polar surface area (TPSA) is 97.8 Å². The molecule has 0 unspecified atom stereocenters. The van der Waals surface area contributed by atoms with Crippen LogP contribution in [0.3, 0.4) is 0 Å². The van der Waals surface area contributed by atoms with E-state index in [9.17, 15) is 10.2 Å². The highest BCUT2D eigenvalue weighted by atomic mass is 16.3. The van der Waals surface area contributed by atoms with E-state index >= 15 is 0 Å². The minimum Gasteiger partial charge on any atom is -0.382 e. The highest BCUT2D eigenvalue weighted by Gasteiger charge is 2.26. The van der Waals surface area contributed by atoms with E-state index in [0.717, 1.165) is 43.6 Å². The Bertz CT molecular complexity index is 1330. The van der Waals surface area contributed by atoms with Gasteiger partial charge in [0.25, 0.3) is 0 Å². The molecule has 6 rings (SSSR count). The molecule has 2 atom stereocenters. The van der Waals surface area contributed by atoms with Crippen LogP contribution in [-0.4, -0.2) is 30.1 Å². The number of benzene rings is 4. The lowest BCUT2D eigenvalue weighted by Gasteiger charge is -2.13. The SMILES string of the molecule is O[C@@H](c1nc2cc3ccccc3cc2[nH]1)[C@@H](O)c1nc2cc3ccccc3cc2[nH]1. The first-order chi connectivity index (χ1) is 14.7. The number of hydrogen-bond donors (Lipinski definition) is 4. The van der Waals surface area contributed by atoms with Gasteiger partial charge in [0, 0.05) is 0 Å². The van der Waals surface area contributed by atoms with Crippen LogP contribution >= 0.6 is 0 Å². The molecule has 0 aliphatic carbocycles. The highest BCUT2D eigenvalue weighted by molar-refractivity contribution is 5.96. The number of aromatic nitrogens is 4. The fourth-order valence-electron chi connectivity index (χ4n) is 4.01. The molecule has 0 amide bonds. The maximum absolute atomic E-state index is 10.8. The summed E-state index contributed by atoms with van der Waals surface area (Å²) in [7, 11) is 0. The van der Waals surface area contributed by atoms with E-state index in [4.69, 9.17) is 0 Å². The number of aliphatic hydroxyl groups excluding tert-OH is 2. The second-order valence-corrected chi connectivity index (χ2v) is 7.57. The van der Waals surface area contributed by atoms with E-state index in [0.29, 0.717) is 11.6 Å². The van der Waals surface area contributed by atoms with Crippen LogP contribution in [0.1, 0.15) is 23.9 Å². The van der Waals surface area contributed by atoms with Gasteiger partial charge in [-0.2, -0.15) is 0 Å². The van der Waals surface area contributed by atoms with Crippen LogP contribution in [0.4, 0.5) is 0 Å². The van der Waals surface area contributed by atoms with Crippen LogP contribution in [0.2, 0.25) is 0 Å². The van der Waals surface area contributed by atoms with Crippen LogP contribution in [-0.2, 0) is 0 Å². The van der Waals surface area contributed by atoms with Crippen LogP contribution in [0.5, 0.6) is 0 Å². The van der Waals surface area contributed by atoms with E-state index in [1.54, 1.807) is 0 Å². The molecular formula is C24H18N4O2. The lowest BCUT2D eigenvalue weighted by Crippen LogP contribution is -2.13. The van der Waals surface area contributed by atoms with Crippen molar-refractivity contribution in [3.8, 4) is 0 Å². The Hall–Kier alpha value is -3.74. The van der Waals surface area contributed by atoms with Crippen molar-refractivity contribution in [1.82, 2.24) is 19.9 Å². The van der Waals surface area contributed by atoms with Crippen LogP contribution in [0.25, 0.3) is 43.6 Å². The molecule has 4 aromatic carbocycles. The van der Waals surface area contributed by atoms with Gasteiger partial charge in [0.05, 0.1) is 22.1 Å². The van der Waals surface area contributed by atoms with Crippen molar-refractivity contribution in [2.75, 3.05) is 0 Å². The van der Waals surface area contributed by atoms with Gasteiger partial charge in [0.1, 0.15) is 23.9 Å². The molecule has 4 N–H and O–H groups in total. The van der Waals surface area contributed by atoms with Gasteiger partial charge >= 0.3 is 0 Å². The van der Waals surface area contributed by atoms with Crippen molar-refractivity contribution >= 4 is 43.6 Å². The summed E-state index contributed by atoms with van der Waals surface area (Å²) < 4.78 is 0. The number of nitrogens with one attached hydrogen (secondary N) is 2. The molecule has 30 heavy (non-hydrogen) atoms. The number of rotatable bonds is 3. The highest BCUT2D eigenvalue weighted by Crippen LogP contribution is 2.30. The molecule has 0 radical (unpaired) electrons. The molecule has 146 valence electrons. The minimum absolute atomic E-state index is 0.304. The van der Waals surface area contributed by atoms with Crippen molar-refractivity contribution in [2.24, 2.45) is 0 Å². The number of fused-ring (bicyclic) bond motifs is 4. The van der Waals surface area contributed by atoms with E-state index in [1.807, 2.05) is 72.8 Å². The predicted octanol–water partition coefficient (Wildman–Crippen LogP) is 4.51. The van der Waals surface area contributed by atoms with Gasteiger partial charge in [-0.15, -0.1) is 0 Å². The van der Waals surface area contributed by atoms with Crippen LogP contribution < -0.4 is 0 Å². The molecule has 0 aliphatic rings. The zero-order chi connectivity index (χ0) is 20.2. The Kier molecular flexibility index (Phi) is 3.65. The van der Waals surface area contributed by atoms with Crippen molar-refractivity contribution in [2.45, 2.75) is 12.2 Å². The number of H-pyrrole nitrogens is 2. The van der Waals surface area contributed by atoms with Crippen molar-refractivity contribution < 1.29 is 10.2 Å². The minimum atomic E-state index is -1.24. The second-order valence-electron chi connectivity index (χ2n) is 7.57. The smallest absolute Gasteiger partial charge is 0.145 e. The predicted molar refractivity (Wildman–Crippen MR) is 117 cm³/mol. The van der Waals surface area contributed by atoms with Gasteiger partial charge < -0.3 is 20.2 Å². The second kappa shape index (κ2) is 6.38. The standard InChI is InChI=1S/C24H18N4O2/c29-21(23-25-17-9-13-5-1-2-6-14(13)10-18(17)26-23)22(30)24-27-19-11-15-7-3-4-8-16(15)12-20(19)28-24/h1-12,21-22,29-30H,(H,25,26)(H,27,28)/t21-,22-/m1/s1. The van der Waals surface area contributed by atoms with Crippen molar-refractivity contribution in [3.63, 3.8) is 0 Å². The zero-order valence-electron chi connectivity index (χ0n) is 15.9. The maximum atomic E-state index is 10.8. The first kappa shape index (κ1) is 17.1. The molecule has 0 fully saturated rings. The molecule has 6 heteroatoms. The summed E-state index contributed by atoms with van der Waals surface area (Å²) >= 11 is 0. The summed E-state index contributed by atoms with van der Waals surface area (Å²) in [5.41, 5.74) is 3.10. The van der Waals surface area contributed by atoms with Crippen molar-refractivity contribution in [1.29, 1.82) is 0 Å². The van der Waals surface area contributed by atoms with E-state index < -0.39 is 12.2 Å². The summed E-state index contributed by atoms with van der Waals surface area (Å²) in [6.45, 7) is 0. The Morgan fingerprint density at radius 1 is 0.567 bits per heavy atom. The summed E-state index contributed by atoms with van der Waals surface area (Å²) in [4.78, 5) is 15.3. The van der Waals surface area contributed by atoms with Gasteiger partial charge in [0.2, 0.25) is 0 Å². The lowest BCUT2D eigenvalue weighted by molar-refractivity contribution is 0.00780. The number of hydrogen-bond acceptors (Lipinski definition) is 4. The molecule has 6 nitrogen and oxygen atoms in total. The third kappa shape index (κ3) is 2.66. The molecule has 0 bridgehead atoms. The molecule has 0 aliphatic heterocycles. The summed E-state index contributed by atoms with van der Waals surface area (Å²) in [6, 6.07) is 23.9. The quantitative estimate of drug-likeness (QED) is 0.355. The maximum Gasteiger partial charge on any atom is 0.145 e. The molecule has 0 saturated carbocycles. The molecule has 2 aromatic heterocycles. The van der Waals surface area contributed by atoms with E-state index in [1.165, 1.54) is 0 Å². The first-order valence-electron chi connectivity index (χ1n) is 9.79. The fraction of sp³-hybridized carbons (Fsp3) is 0.0833. The summed E-state index contributed by atoms with van der Waals surface area (Å²) in [5, 5.41) is 25.9. The normalized spacial score (nSPS) is 14.1. The van der Waals surface area contributed by atoms with Gasteiger partial charge in [-0.25, -0.2) is 9.97 Å². The molecule has 2 heterocycles. The fourth-order valence-corrected chi connectivity index (χ4v) is 4.01. The van der Waals surface area contributed by atoms with Crippen LogP contribution in [0, 0.1) is 0 Å². The Morgan fingerprint density at radius 3 is 1.33 bits per heavy atom. The van der Waals surface area contributed by atoms with Gasteiger partial charge in [0.15, 0.2) is 0 Å². The number of aliphatic hydroxyl groups is 2. The Labute approximate surface area is 170 Å². The monoisotopic (exact) mass is 394 g/mol. The summed E-state index contributed by atoms with van der Waals surface area (Å²) in [5.74, 6) is 0.608. The third-order valence-corrected chi connectivity index (χ3v) is 5.59. The zero-order valence-corrected chi connectivity index (χ0v) is 15.9. The number of aromatic amines is 2. The largest absolute Gasteiger partial charge is 0.382 e. The van der Waals surface area contributed by atoms with Crippen LogP contribution in [0.15, 0.2) is 72.8 Å². The lowest BCUT2D eigenvalue weighted by atomic mass is 10.1. The van der Waals surface area contributed by atoms with E-state index in [-0.39, 0.29) is 0 Å². The molecule has 0 saturated heterocycles. The Morgan fingerprint density at radius 2 is 0.933 bits per heavy atom. The van der Waals surface area contributed by atoms with Gasteiger partial charge in [-0.1, -0.05) is 48.5 Å². The van der Waals surface area contributed by atoms with E-state index in [2.05, 4.69) is 19.9 Å². The number of nitrogens with zero attached hydrogens (tertiary/aromatic N) is 2. The Balaban J connectivity index is 1.39.